The van der Waals surface area contributed by atoms with Gasteiger partial charge in [0.2, 0.25) is 12.6 Å². The van der Waals surface area contributed by atoms with Gasteiger partial charge in [-0.1, -0.05) is 12.1 Å². The van der Waals surface area contributed by atoms with Crippen LogP contribution in [0.25, 0.3) is 6.08 Å². The number of carboxylic acid groups (broad SMARTS) is 1. The smallest absolute Gasteiger partial charge is 0.317 e. The highest BCUT2D eigenvalue weighted by Gasteiger charge is 2.47. The van der Waals surface area contributed by atoms with Gasteiger partial charge in [0.1, 0.15) is 79.1 Å². The fourth-order valence-electron chi connectivity index (χ4n) is 5.39. The quantitative estimate of drug-likeness (QED) is 0.0898. The Labute approximate surface area is 277 Å². The highest BCUT2D eigenvalue weighted by atomic mass is 16.7. The second-order valence-corrected chi connectivity index (χ2v) is 11.3. The molecule has 0 bridgehead atoms. The van der Waals surface area contributed by atoms with E-state index in [0.29, 0.717) is 5.56 Å². The van der Waals surface area contributed by atoms with Gasteiger partial charge in [0.15, 0.2) is 17.6 Å². The summed E-state index contributed by atoms with van der Waals surface area (Å²) in [6, 6.07) is 8.81. The number of phenolic OH excluding ortho intramolecular Hbond substituents is 1. The fraction of sp³-hybridized carbons (Fsp3) is 0.484. The minimum Gasteiger partial charge on any atom is -0.504 e. The minimum atomic E-state index is -1.88. The van der Waals surface area contributed by atoms with Crippen LogP contribution in [-0.4, -0.2) is 140 Å². The van der Waals surface area contributed by atoms with E-state index in [-0.39, 0.29) is 34.3 Å². The molecule has 49 heavy (non-hydrogen) atoms. The Morgan fingerprint density at radius 3 is 2.12 bits per heavy atom. The summed E-state index contributed by atoms with van der Waals surface area (Å²) in [5, 5.41) is 91.4. The number of ether oxygens (including phenoxy) is 7. The van der Waals surface area contributed by atoms with Crippen LogP contribution in [0.15, 0.2) is 42.2 Å². The van der Waals surface area contributed by atoms with Gasteiger partial charge in [0, 0.05) is 5.56 Å². The molecule has 0 aliphatic carbocycles. The average Bonchev–Trinajstić information content (AvgIpc) is 3.08. The largest absolute Gasteiger partial charge is 0.504 e. The van der Waals surface area contributed by atoms with Gasteiger partial charge in [-0.3, -0.25) is 9.59 Å². The van der Waals surface area contributed by atoms with Crippen molar-refractivity contribution in [2.45, 2.75) is 73.9 Å². The van der Waals surface area contributed by atoms with Crippen molar-refractivity contribution in [1.29, 1.82) is 0 Å². The number of aliphatic hydroxyl groups excluding tert-OH is 7. The normalized spacial score (nSPS) is 32.6. The number of aliphatic carboxylic acids is 1. The molecule has 11 atom stereocenters. The number of carboxylic acids is 1. The maximum Gasteiger partial charge on any atom is 0.317 e. The molecule has 2 aromatic rings. The van der Waals surface area contributed by atoms with Crippen LogP contribution in [0.5, 0.6) is 23.0 Å². The first-order chi connectivity index (χ1) is 23.3. The molecule has 3 aliphatic rings. The maximum atomic E-state index is 11.8. The number of benzene rings is 2. The molecule has 268 valence electrons. The number of aliphatic hydroxyl groups is 7. The molecular formula is C31H36O18. The summed E-state index contributed by atoms with van der Waals surface area (Å²) in [4.78, 5) is 22.6. The van der Waals surface area contributed by atoms with E-state index in [1.807, 2.05) is 0 Å². The lowest BCUT2D eigenvalue weighted by molar-refractivity contribution is -0.294. The summed E-state index contributed by atoms with van der Waals surface area (Å²) in [7, 11) is 1.33. The number of hydrogen-bond acceptors (Lipinski definition) is 17. The third-order valence-corrected chi connectivity index (χ3v) is 8.04. The number of phenols is 1. The molecule has 0 amide bonds. The highest BCUT2D eigenvalue weighted by Crippen LogP contribution is 2.45. The molecule has 2 aromatic carbocycles. The van der Waals surface area contributed by atoms with E-state index in [9.17, 15) is 50.4 Å². The van der Waals surface area contributed by atoms with Crippen molar-refractivity contribution in [3.05, 3.63) is 53.3 Å². The lowest BCUT2D eigenvalue weighted by Gasteiger charge is -2.41. The van der Waals surface area contributed by atoms with Crippen LogP contribution in [-0.2, 0) is 28.5 Å². The third-order valence-electron chi connectivity index (χ3n) is 8.04. The standard InChI is InChI=1S/C31H36O18/c1-43-17-7-12(5-6-14(17)33)29-18(47-31-28(42)26(40)24(38)20(49-31)11-44-22(36)9-21(34)35)8-13-15(45-29)3-2-4-16(13)46-30-27(41)25(39)23(37)19(10-32)48-30/h2-8,19-20,23-33,37-42H,9-11H2,1H3,(H,34,35). The molecule has 0 spiro atoms. The van der Waals surface area contributed by atoms with E-state index < -0.39 is 99.1 Å². The Morgan fingerprint density at radius 2 is 1.47 bits per heavy atom. The molecule has 0 radical (unpaired) electrons. The van der Waals surface area contributed by atoms with E-state index in [1.54, 1.807) is 6.07 Å². The number of rotatable bonds is 11. The van der Waals surface area contributed by atoms with Crippen LogP contribution in [0.4, 0.5) is 0 Å². The predicted molar refractivity (Wildman–Crippen MR) is 158 cm³/mol. The first-order valence-electron chi connectivity index (χ1n) is 14.9. The van der Waals surface area contributed by atoms with Gasteiger partial charge in [0.05, 0.1) is 19.3 Å². The van der Waals surface area contributed by atoms with Crippen molar-refractivity contribution in [2.75, 3.05) is 20.3 Å². The van der Waals surface area contributed by atoms with Crippen LogP contribution in [0.1, 0.15) is 23.7 Å². The number of hydrogen-bond donors (Lipinski definition) is 9. The lowest BCUT2D eigenvalue weighted by Crippen LogP contribution is -2.60. The van der Waals surface area contributed by atoms with E-state index in [4.69, 9.17) is 38.3 Å². The van der Waals surface area contributed by atoms with Crippen LogP contribution in [0.2, 0.25) is 0 Å². The number of esters is 1. The Bertz CT molecular complexity index is 1530. The Morgan fingerprint density at radius 1 is 0.816 bits per heavy atom. The number of carbonyl (C=O) groups excluding carboxylic acids is 1. The van der Waals surface area contributed by atoms with Gasteiger partial charge in [-0.2, -0.15) is 0 Å². The molecule has 2 fully saturated rings. The predicted octanol–water partition coefficient (Wildman–Crippen LogP) is -2.10. The molecule has 9 N–H and O–H groups in total. The zero-order chi connectivity index (χ0) is 35.6. The van der Waals surface area contributed by atoms with E-state index >= 15 is 0 Å². The molecule has 2 saturated heterocycles. The Hall–Kier alpha value is -4.24. The van der Waals surface area contributed by atoms with Crippen molar-refractivity contribution in [2.24, 2.45) is 0 Å². The van der Waals surface area contributed by atoms with Gasteiger partial charge < -0.3 is 79.1 Å². The van der Waals surface area contributed by atoms with Crippen molar-refractivity contribution in [3.8, 4) is 23.0 Å². The van der Waals surface area contributed by atoms with E-state index in [1.165, 1.54) is 43.5 Å². The summed E-state index contributed by atoms with van der Waals surface area (Å²) in [6.07, 6.45) is -17.4. The van der Waals surface area contributed by atoms with Gasteiger partial charge in [-0.15, -0.1) is 0 Å². The average molecular weight is 697 g/mol. The Balaban J connectivity index is 1.48. The highest BCUT2D eigenvalue weighted by molar-refractivity contribution is 5.90. The number of aromatic hydroxyl groups is 1. The van der Waals surface area contributed by atoms with Crippen LogP contribution in [0.3, 0.4) is 0 Å². The van der Waals surface area contributed by atoms with Crippen LogP contribution in [0, 0.1) is 0 Å². The summed E-state index contributed by atoms with van der Waals surface area (Å²) in [5.74, 6) is -2.62. The van der Waals surface area contributed by atoms with E-state index in [2.05, 4.69) is 0 Å². The zero-order valence-electron chi connectivity index (χ0n) is 25.7. The second kappa shape index (κ2) is 15.1. The Kier molecular flexibility index (Phi) is 11.1. The minimum absolute atomic E-state index is 0.00783. The topological polar surface area (TPSA) is 281 Å². The van der Waals surface area contributed by atoms with E-state index in [0.717, 1.165) is 0 Å². The van der Waals surface area contributed by atoms with Crippen molar-refractivity contribution < 1.29 is 88.7 Å². The van der Waals surface area contributed by atoms with Gasteiger partial charge in [0.25, 0.3) is 0 Å². The molecule has 0 aromatic heterocycles. The molecule has 18 nitrogen and oxygen atoms in total. The molecule has 18 heteroatoms. The summed E-state index contributed by atoms with van der Waals surface area (Å²) in [5.41, 5.74) is 0.540. The zero-order valence-corrected chi connectivity index (χ0v) is 25.7. The molecular weight excluding hydrogens is 660 g/mol. The molecule has 11 unspecified atom stereocenters. The van der Waals surface area contributed by atoms with Gasteiger partial charge in [-0.05, 0) is 30.3 Å². The van der Waals surface area contributed by atoms with Gasteiger partial charge >= 0.3 is 11.9 Å². The number of carbonyl (C=O) groups is 2. The van der Waals surface area contributed by atoms with Crippen molar-refractivity contribution >= 4 is 18.0 Å². The maximum absolute atomic E-state index is 11.8. The second-order valence-electron chi connectivity index (χ2n) is 11.3. The summed E-state index contributed by atoms with van der Waals surface area (Å²) in [6.45, 7) is -1.40. The fourth-order valence-corrected chi connectivity index (χ4v) is 5.39. The first kappa shape index (κ1) is 36.1. The molecule has 3 heterocycles. The molecule has 5 rings (SSSR count). The summed E-state index contributed by atoms with van der Waals surface area (Å²) < 4.78 is 39.4. The molecule has 0 saturated carbocycles. The number of methoxy groups -OCH3 is 1. The first-order valence-corrected chi connectivity index (χ1v) is 14.9. The van der Waals surface area contributed by atoms with Crippen molar-refractivity contribution in [3.63, 3.8) is 0 Å². The van der Waals surface area contributed by atoms with Crippen molar-refractivity contribution in [1.82, 2.24) is 0 Å². The van der Waals surface area contributed by atoms with Crippen LogP contribution < -0.4 is 14.2 Å². The molecule has 3 aliphatic heterocycles. The third kappa shape index (κ3) is 7.67. The SMILES string of the molecule is COc1cc(C2Oc3cccc(OC4OC(CO)C(O)C(O)C4O)c3C=C2OC2OC(COC(=O)CC(=O)O)C(O)C(O)C2O)ccc1O. The monoisotopic (exact) mass is 696 g/mol. The summed E-state index contributed by atoms with van der Waals surface area (Å²) >= 11 is 0. The van der Waals surface area contributed by atoms with Crippen LogP contribution >= 0.6 is 0 Å². The lowest BCUT2D eigenvalue weighted by atomic mass is 9.98. The number of fused-ring (bicyclic) bond motifs is 1. The van der Waals surface area contributed by atoms with Gasteiger partial charge in [-0.25, -0.2) is 0 Å².